The molecule has 5 nitrogen and oxygen atoms in total. The molecule has 1 amide bonds. The van der Waals surface area contributed by atoms with Crippen molar-refractivity contribution in [3.05, 3.63) is 65.2 Å². The van der Waals surface area contributed by atoms with Crippen LogP contribution in [0.2, 0.25) is 0 Å². The van der Waals surface area contributed by atoms with Crippen LogP contribution in [0.1, 0.15) is 49.3 Å². The van der Waals surface area contributed by atoms with Gasteiger partial charge in [0, 0.05) is 18.4 Å². The number of amides is 1. The first-order chi connectivity index (χ1) is 13.4. The van der Waals surface area contributed by atoms with Crippen LogP contribution in [0.25, 0.3) is 0 Å². The second-order valence-corrected chi connectivity index (χ2v) is 6.82. The van der Waals surface area contributed by atoms with E-state index in [-0.39, 0.29) is 36.7 Å². The molecule has 0 saturated carbocycles. The fourth-order valence-corrected chi connectivity index (χ4v) is 3.21. The zero-order chi connectivity index (χ0) is 20.5. The summed E-state index contributed by atoms with van der Waals surface area (Å²) >= 11 is 0. The SMILES string of the molecule is CCOC(=O)CCC(=O)N[C@H](C)[C@H](c1ccc(C)cc1)c1ccc(OC)cc1. The topological polar surface area (TPSA) is 64.6 Å². The van der Waals surface area contributed by atoms with Crippen molar-refractivity contribution in [2.75, 3.05) is 13.7 Å². The molecule has 0 saturated heterocycles. The van der Waals surface area contributed by atoms with Crippen LogP contribution in [0, 0.1) is 6.92 Å². The van der Waals surface area contributed by atoms with Gasteiger partial charge in [0.2, 0.25) is 5.91 Å². The van der Waals surface area contributed by atoms with Gasteiger partial charge >= 0.3 is 5.97 Å². The Morgan fingerprint density at radius 1 is 0.964 bits per heavy atom. The highest BCUT2D eigenvalue weighted by Crippen LogP contribution is 2.30. The predicted octanol–water partition coefficient (Wildman–Crippen LogP) is 3.98. The van der Waals surface area contributed by atoms with Crippen molar-refractivity contribution in [1.29, 1.82) is 0 Å². The molecule has 0 unspecified atom stereocenters. The number of aryl methyl sites for hydroxylation is 1. The Kier molecular flexibility index (Phi) is 8.05. The van der Waals surface area contributed by atoms with Crippen molar-refractivity contribution in [3.8, 4) is 5.75 Å². The minimum Gasteiger partial charge on any atom is -0.497 e. The number of esters is 1. The molecular formula is C23H29NO4. The van der Waals surface area contributed by atoms with Crippen molar-refractivity contribution < 1.29 is 19.1 Å². The molecule has 0 bridgehead atoms. The fourth-order valence-electron chi connectivity index (χ4n) is 3.21. The molecule has 0 aliphatic carbocycles. The van der Waals surface area contributed by atoms with Gasteiger partial charge in [-0.1, -0.05) is 42.0 Å². The van der Waals surface area contributed by atoms with Crippen LogP contribution in [0.4, 0.5) is 0 Å². The molecule has 2 aromatic rings. The Morgan fingerprint density at radius 2 is 1.54 bits per heavy atom. The van der Waals surface area contributed by atoms with Crippen LogP contribution in [-0.2, 0) is 14.3 Å². The van der Waals surface area contributed by atoms with Crippen LogP contribution < -0.4 is 10.1 Å². The number of ether oxygens (including phenoxy) is 2. The number of methoxy groups -OCH3 is 1. The van der Waals surface area contributed by atoms with Crippen LogP contribution in [0.5, 0.6) is 5.75 Å². The highest BCUT2D eigenvalue weighted by molar-refractivity contribution is 5.81. The third-order valence-electron chi connectivity index (χ3n) is 4.66. The Labute approximate surface area is 167 Å². The summed E-state index contributed by atoms with van der Waals surface area (Å²) in [4.78, 5) is 23.8. The lowest BCUT2D eigenvalue weighted by Gasteiger charge is -2.26. The van der Waals surface area contributed by atoms with Crippen molar-refractivity contribution in [2.24, 2.45) is 0 Å². The molecule has 0 fully saturated rings. The van der Waals surface area contributed by atoms with Gasteiger partial charge in [0.1, 0.15) is 5.75 Å². The van der Waals surface area contributed by atoms with Gasteiger partial charge in [-0.05, 0) is 44.0 Å². The van der Waals surface area contributed by atoms with E-state index < -0.39 is 0 Å². The van der Waals surface area contributed by atoms with E-state index in [1.165, 1.54) is 5.56 Å². The molecule has 28 heavy (non-hydrogen) atoms. The largest absolute Gasteiger partial charge is 0.497 e. The Balaban J connectivity index is 2.16. The van der Waals surface area contributed by atoms with Crippen molar-refractivity contribution in [3.63, 3.8) is 0 Å². The van der Waals surface area contributed by atoms with E-state index in [1.54, 1.807) is 14.0 Å². The lowest BCUT2D eigenvalue weighted by molar-refractivity contribution is -0.144. The monoisotopic (exact) mass is 383 g/mol. The summed E-state index contributed by atoms with van der Waals surface area (Å²) in [6, 6.07) is 16.1. The van der Waals surface area contributed by atoms with Crippen molar-refractivity contribution in [2.45, 2.75) is 45.6 Å². The predicted molar refractivity (Wildman–Crippen MR) is 109 cm³/mol. The van der Waals surface area contributed by atoms with E-state index in [0.717, 1.165) is 16.9 Å². The second-order valence-electron chi connectivity index (χ2n) is 6.82. The summed E-state index contributed by atoms with van der Waals surface area (Å²) in [5.74, 6) is 0.261. The maximum absolute atomic E-state index is 12.3. The maximum Gasteiger partial charge on any atom is 0.306 e. The molecule has 150 valence electrons. The average Bonchev–Trinajstić information content (AvgIpc) is 2.69. The van der Waals surface area contributed by atoms with E-state index in [0.29, 0.717) is 6.61 Å². The standard InChI is InChI=1S/C23H29NO4/c1-5-28-22(26)15-14-21(25)24-17(3)23(18-8-6-16(2)7-9-18)19-10-12-20(27-4)13-11-19/h6-13,17,23H,5,14-15H2,1-4H3,(H,24,25)/t17-,23-/m1/s1. The molecule has 0 heterocycles. The third-order valence-corrected chi connectivity index (χ3v) is 4.66. The van der Waals surface area contributed by atoms with Crippen LogP contribution in [0.15, 0.2) is 48.5 Å². The fraction of sp³-hybridized carbons (Fsp3) is 0.391. The molecule has 5 heteroatoms. The number of hydrogen-bond donors (Lipinski definition) is 1. The van der Waals surface area contributed by atoms with Gasteiger partial charge < -0.3 is 14.8 Å². The number of rotatable bonds is 9. The van der Waals surface area contributed by atoms with Gasteiger partial charge in [-0.3, -0.25) is 9.59 Å². The Morgan fingerprint density at radius 3 is 2.07 bits per heavy atom. The highest BCUT2D eigenvalue weighted by atomic mass is 16.5. The Bertz CT molecular complexity index is 768. The van der Waals surface area contributed by atoms with Gasteiger partial charge in [0.15, 0.2) is 0 Å². The van der Waals surface area contributed by atoms with Gasteiger partial charge in [0.05, 0.1) is 20.1 Å². The zero-order valence-electron chi connectivity index (χ0n) is 17.0. The number of benzene rings is 2. The molecule has 0 radical (unpaired) electrons. The maximum atomic E-state index is 12.3. The first-order valence-corrected chi connectivity index (χ1v) is 9.60. The summed E-state index contributed by atoms with van der Waals surface area (Å²) in [5.41, 5.74) is 3.39. The van der Waals surface area contributed by atoms with E-state index >= 15 is 0 Å². The molecule has 1 N–H and O–H groups in total. The van der Waals surface area contributed by atoms with Gasteiger partial charge in [-0.15, -0.1) is 0 Å². The highest BCUT2D eigenvalue weighted by Gasteiger charge is 2.23. The molecule has 2 aromatic carbocycles. The minimum atomic E-state index is -0.351. The molecule has 2 atom stereocenters. The summed E-state index contributed by atoms with van der Waals surface area (Å²) < 4.78 is 10.1. The number of carbonyl (C=O) groups excluding carboxylic acids is 2. The first-order valence-electron chi connectivity index (χ1n) is 9.60. The molecule has 0 aliphatic rings. The molecule has 0 aromatic heterocycles. The summed E-state index contributed by atoms with van der Waals surface area (Å²) in [6.45, 7) is 6.11. The number of nitrogens with one attached hydrogen (secondary N) is 1. The summed E-state index contributed by atoms with van der Waals surface area (Å²) in [6.07, 6.45) is 0.205. The quantitative estimate of drug-likeness (QED) is 0.665. The molecule has 0 aliphatic heterocycles. The van der Waals surface area contributed by atoms with Crippen LogP contribution in [-0.4, -0.2) is 31.6 Å². The molecular weight excluding hydrogens is 354 g/mol. The van der Waals surface area contributed by atoms with E-state index in [2.05, 4.69) is 29.6 Å². The van der Waals surface area contributed by atoms with Crippen molar-refractivity contribution >= 4 is 11.9 Å². The van der Waals surface area contributed by atoms with E-state index in [9.17, 15) is 9.59 Å². The zero-order valence-corrected chi connectivity index (χ0v) is 17.0. The summed E-state index contributed by atoms with van der Waals surface area (Å²) in [7, 11) is 1.64. The molecule has 0 spiro atoms. The third kappa shape index (κ3) is 6.12. The lowest BCUT2D eigenvalue weighted by Crippen LogP contribution is -2.37. The van der Waals surface area contributed by atoms with Crippen molar-refractivity contribution in [1.82, 2.24) is 5.32 Å². The van der Waals surface area contributed by atoms with Gasteiger partial charge in [0.25, 0.3) is 0 Å². The number of hydrogen-bond acceptors (Lipinski definition) is 4. The first kappa shape index (κ1) is 21.5. The number of carbonyl (C=O) groups is 2. The van der Waals surface area contributed by atoms with E-state index in [4.69, 9.17) is 9.47 Å². The summed E-state index contributed by atoms with van der Waals surface area (Å²) in [5, 5.41) is 3.04. The Hall–Kier alpha value is -2.82. The van der Waals surface area contributed by atoms with E-state index in [1.807, 2.05) is 38.1 Å². The van der Waals surface area contributed by atoms with Crippen LogP contribution in [0.3, 0.4) is 0 Å². The minimum absolute atomic E-state index is 0.0157. The normalized spacial score (nSPS) is 12.7. The lowest BCUT2D eigenvalue weighted by atomic mass is 9.85. The van der Waals surface area contributed by atoms with Gasteiger partial charge in [-0.2, -0.15) is 0 Å². The van der Waals surface area contributed by atoms with Gasteiger partial charge in [-0.25, -0.2) is 0 Å². The smallest absolute Gasteiger partial charge is 0.306 e. The second kappa shape index (κ2) is 10.5. The average molecular weight is 383 g/mol. The molecule has 2 rings (SSSR count). The van der Waals surface area contributed by atoms with Crippen LogP contribution >= 0.6 is 0 Å².